The summed E-state index contributed by atoms with van der Waals surface area (Å²) in [6, 6.07) is 1.46. The van der Waals surface area contributed by atoms with E-state index in [1.165, 1.54) is 51.7 Å². The molecule has 19 heavy (non-hydrogen) atoms. The minimum atomic E-state index is 0.511. The third kappa shape index (κ3) is 3.32. The fraction of sp³-hybridized carbons (Fsp3) is 1.00. The lowest BCUT2D eigenvalue weighted by atomic mass is 9.94. The van der Waals surface area contributed by atoms with Crippen molar-refractivity contribution in [3.8, 4) is 0 Å². The SMILES string of the molecule is CCC(C)C1CN(CC2CCCO2)C(C2CC2)CN1. The molecule has 3 aliphatic rings. The minimum Gasteiger partial charge on any atom is -0.377 e. The number of nitrogens with one attached hydrogen (secondary N) is 1. The van der Waals surface area contributed by atoms with Gasteiger partial charge in [-0.2, -0.15) is 0 Å². The Kier molecular flexibility index (Phi) is 4.45. The van der Waals surface area contributed by atoms with Crippen molar-refractivity contribution >= 4 is 0 Å². The summed E-state index contributed by atoms with van der Waals surface area (Å²) < 4.78 is 5.86. The van der Waals surface area contributed by atoms with E-state index in [2.05, 4.69) is 24.1 Å². The van der Waals surface area contributed by atoms with Crippen molar-refractivity contribution in [1.29, 1.82) is 0 Å². The first-order valence-corrected chi connectivity index (χ1v) is 8.37. The van der Waals surface area contributed by atoms with Crippen LogP contribution in [0.2, 0.25) is 0 Å². The lowest BCUT2D eigenvalue weighted by Crippen LogP contribution is -2.60. The zero-order chi connectivity index (χ0) is 13.2. The van der Waals surface area contributed by atoms with Crippen LogP contribution in [0.4, 0.5) is 0 Å². The molecule has 1 N–H and O–H groups in total. The summed E-state index contributed by atoms with van der Waals surface area (Å²) in [4.78, 5) is 2.76. The maximum absolute atomic E-state index is 5.86. The van der Waals surface area contributed by atoms with Crippen LogP contribution in [-0.4, -0.2) is 49.3 Å². The Balaban J connectivity index is 1.60. The van der Waals surface area contributed by atoms with E-state index in [0.717, 1.165) is 24.5 Å². The van der Waals surface area contributed by atoms with Gasteiger partial charge in [0, 0.05) is 38.3 Å². The highest BCUT2D eigenvalue weighted by Gasteiger charge is 2.40. The molecule has 1 aliphatic carbocycles. The molecular weight excluding hydrogens is 236 g/mol. The van der Waals surface area contributed by atoms with E-state index in [-0.39, 0.29) is 0 Å². The fourth-order valence-electron chi connectivity index (χ4n) is 3.73. The zero-order valence-electron chi connectivity index (χ0n) is 12.6. The molecule has 0 spiro atoms. The van der Waals surface area contributed by atoms with Crippen LogP contribution in [0.15, 0.2) is 0 Å². The van der Waals surface area contributed by atoms with Crippen LogP contribution in [0.3, 0.4) is 0 Å². The first kappa shape index (κ1) is 13.8. The molecule has 110 valence electrons. The molecule has 3 rings (SSSR count). The number of nitrogens with zero attached hydrogens (tertiary/aromatic N) is 1. The minimum absolute atomic E-state index is 0.511. The maximum atomic E-state index is 5.86. The van der Waals surface area contributed by atoms with Gasteiger partial charge in [0.15, 0.2) is 0 Å². The molecule has 0 aromatic heterocycles. The number of rotatable bonds is 5. The smallest absolute Gasteiger partial charge is 0.0702 e. The van der Waals surface area contributed by atoms with E-state index >= 15 is 0 Å². The third-order valence-electron chi connectivity index (χ3n) is 5.45. The van der Waals surface area contributed by atoms with Crippen LogP contribution < -0.4 is 5.32 Å². The number of piperazine rings is 1. The predicted octanol–water partition coefficient (Wildman–Crippen LogP) is 2.26. The van der Waals surface area contributed by atoms with E-state index in [4.69, 9.17) is 4.74 Å². The van der Waals surface area contributed by atoms with Gasteiger partial charge in [-0.3, -0.25) is 4.90 Å². The normalized spacial score (nSPS) is 38.5. The fourth-order valence-corrected chi connectivity index (χ4v) is 3.73. The predicted molar refractivity (Wildman–Crippen MR) is 78.3 cm³/mol. The van der Waals surface area contributed by atoms with Gasteiger partial charge in [0.2, 0.25) is 0 Å². The number of hydrogen-bond donors (Lipinski definition) is 1. The standard InChI is InChI=1S/C16H30N2O/c1-3-12(2)15-11-18(10-14-5-4-8-19-14)16(9-17-15)13-6-7-13/h12-17H,3-11H2,1-2H3. The molecule has 2 aliphatic heterocycles. The molecule has 3 fully saturated rings. The quantitative estimate of drug-likeness (QED) is 0.826. The molecule has 3 nitrogen and oxygen atoms in total. The van der Waals surface area contributed by atoms with Crippen LogP contribution in [0.25, 0.3) is 0 Å². The molecule has 3 heteroatoms. The summed E-state index contributed by atoms with van der Waals surface area (Å²) in [6.07, 6.45) is 7.22. The van der Waals surface area contributed by atoms with Gasteiger partial charge >= 0.3 is 0 Å². The largest absolute Gasteiger partial charge is 0.377 e. The Morgan fingerprint density at radius 3 is 2.79 bits per heavy atom. The van der Waals surface area contributed by atoms with Gasteiger partial charge in [0.25, 0.3) is 0 Å². The third-order valence-corrected chi connectivity index (χ3v) is 5.45. The van der Waals surface area contributed by atoms with Crippen LogP contribution >= 0.6 is 0 Å². The Hall–Kier alpha value is -0.120. The topological polar surface area (TPSA) is 24.5 Å². The molecule has 2 saturated heterocycles. The van der Waals surface area contributed by atoms with Crippen LogP contribution in [0.5, 0.6) is 0 Å². The van der Waals surface area contributed by atoms with Gasteiger partial charge < -0.3 is 10.1 Å². The van der Waals surface area contributed by atoms with Crippen molar-refractivity contribution in [2.75, 3.05) is 26.2 Å². The van der Waals surface area contributed by atoms with E-state index in [0.29, 0.717) is 12.1 Å². The molecule has 4 atom stereocenters. The van der Waals surface area contributed by atoms with Gasteiger partial charge in [0.05, 0.1) is 6.10 Å². The summed E-state index contributed by atoms with van der Waals surface area (Å²) in [5, 5.41) is 3.81. The molecule has 0 aromatic carbocycles. The Bertz CT molecular complexity index is 286. The lowest BCUT2D eigenvalue weighted by Gasteiger charge is -2.43. The lowest BCUT2D eigenvalue weighted by molar-refractivity contribution is 0.0272. The van der Waals surface area contributed by atoms with Gasteiger partial charge in [-0.15, -0.1) is 0 Å². The first-order valence-electron chi connectivity index (χ1n) is 8.37. The maximum Gasteiger partial charge on any atom is 0.0702 e. The average Bonchev–Trinajstić information content (AvgIpc) is 3.15. The molecule has 0 amide bonds. The summed E-state index contributed by atoms with van der Waals surface area (Å²) in [7, 11) is 0. The summed E-state index contributed by atoms with van der Waals surface area (Å²) >= 11 is 0. The molecule has 0 bridgehead atoms. The molecule has 0 aromatic rings. The molecule has 2 heterocycles. The van der Waals surface area contributed by atoms with Gasteiger partial charge in [-0.05, 0) is 37.5 Å². The van der Waals surface area contributed by atoms with Crippen LogP contribution in [0.1, 0.15) is 46.0 Å². The highest BCUT2D eigenvalue weighted by Crippen LogP contribution is 2.37. The molecule has 1 saturated carbocycles. The number of ether oxygens (including phenoxy) is 1. The molecule has 0 radical (unpaired) electrons. The van der Waals surface area contributed by atoms with Gasteiger partial charge in [-0.25, -0.2) is 0 Å². The first-order chi connectivity index (χ1) is 9.28. The van der Waals surface area contributed by atoms with E-state index in [1.54, 1.807) is 0 Å². The van der Waals surface area contributed by atoms with Crippen molar-refractivity contribution in [1.82, 2.24) is 10.2 Å². The second-order valence-corrected chi connectivity index (χ2v) is 6.89. The van der Waals surface area contributed by atoms with Crippen molar-refractivity contribution in [3.05, 3.63) is 0 Å². The Labute approximate surface area is 118 Å². The average molecular weight is 266 g/mol. The summed E-state index contributed by atoms with van der Waals surface area (Å²) in [5.41, 5.74) is 0. The second kappa shape index (κ2) is 6.11. The van der Waals surface area contributed by atoms with Crippen molar-refractivity contribution in [2.24, 2.45) is 11.8 Å². The molecule has 4 unspecified atom stereocenters. The van der Waals surface area contributed by atoms with Crippen LogP contribution in [-0.2, 0) is 4.74 Å². The highest BCUT2D eigenvalue weighted by atomic mass is 16.5. The van der Waals surface area contributed by atoms with E-state index in [9.17, 15) is 0 Å². The van der Waals surface area contributed by atoms with Crippen molar-refractivity contribution in [2.45, 2.75) is 64.1 Å². The Morgan fingerprint density at radius 1 is 1.32 bits per heavy atom. The van der Waals surface area contributed by atoms with E-state index in [1.807, 2.05) is 0 Å². The summed E-state index contributed by atoms with van der Waals surface area (Å²) in [6.45, 7) is 9.29. The highest BCUT2D eigenvalue weighted by molar-refractivity contribution is 4.96. The van der Waals surface area contributed by atoms with Gasteiger partial charge in [0.1, 0.15) is 0 Å². The van der Waals surface area contributed by atoms with Crippen molar-refractivity contribution in [3.63, 3.8) is 0 Å². The second-order valence-electron chi connectivity index (χ2n) is 6.89. The van der Waals surface area contributed by atoms with Crippen LogP contribution in [0, 0.1) is 11.8 Å². The molecular formula is C16H30N2O. The monoisotopic (exact) mass is 266 g/mol. The van der Waals surface area contributed by atoms with Gasteiger partial charge in [-0.1, -0.05) is 20.3 Å². The zero-order valence-corrected chi connectivity index (χ0v) is 12.6. The number of hydrogen-bond acceptors (Lipinski definition) is 3. The summed E-state index contributed by atoms with van der Waals surface area (Å²) in [5.74, 6) is 1.75. The Morgan fingerprint density at radius 2 is 2.16 bits per heavy atom. The van der Waals surface area contributed by atoms with E-state index < -0.39 is 0 Å². The van der Waals surface area contributed by atoms with Crippen molar-refractivity contribution < 1.29 is 4.74 Å².